The average Bonchev–Trinajstić information content (AvgIpc) is 2.80. The van der Waals surface area contributed by atoms with Gasteiger partial charge in [-0.25, -0.2) is 4.98 Å². The molecule has 1 heterocycles. The van der Waals surface area contributed by atoms with E-state index in [0.29, 0.717) is 12.3 Å². The van der Waals surface area contributed by atoms with Crippen LogP contribution in [0.25, 0.3) is 0 Å². The Labute approximate surface area is 95.1 Å². The zero-order valence-corrected chi connectivity index (χ0v) is 9.48. The van der Waals surface area contributed by atoms with E-state index < -0.39 is 5.60 Å². The van der Waals surface area contributed by atoms with E-state index in [4.69, 9.17) is 4.74 Å². The fourth-order valence-corrected chi connectivity index (χ4v) is 2.31. The van der Waals surface area contributed by atoms with E-state index in [1.165, 1.54) is 6.20 Å². The first kappa shape index (κ1) is 11.2. The fourth-order valence-electron chi connectivity index (χ4n) is 2.31. The van der Waals surface area contributed by atoms with Gasteiger partial charge in [0.1, 0.15) is 11.3 Å². The van der Waals surface area contributed by atoms with Crippen molar-refractivity contribution >= 4 is 5.78 Å². The highest BCUT2D eigenvalue weighted by molar-refractivity contribution is 6.00. The van der Waals surface area contributed by atoms with E-state index in [-0.39, 0.29) is 5.78 Å². The Morgan fingerprint density at radius 3 is 2.75 bits per heavy atom. The van der Waals surface area contributed by atoms with Gasteiger partial charge in [-0.2, -0.15) is 0 Å². The van der Waals surface area contributed by atoms with Gasteiger partial charge in [0.15, 0.2) is 0 Å². The van der Waals surface area contributed by atoms with Crippen LogP contribution < -0.4 is 0 Å². The lowest BCUT2D eigenvalue weighted by molar-refractivity contribution is -0.0167. The summed E-state index contributed by atoms with van der Waals surface area (Å²) in [4.78, 5) is 20.3. The molecule has 1 aliphatic carbocycles. The topological polar surface area (TPSA) is 52.1 Å². The van der Waals surface area contributed by atoms with E-state index in [9.17, 15) is 4.79 Å². The third kappa shape index (κ3) is 1.97. The van der Waals surface area contributed by atoms with Gasteiger partial charge in [-0.1, -0.05) is 0 Å². The van der Waals surface area contributed by atoms with Gasteiger partial charge in [-0.3, -0.25) is 9.78 Å². The van der Waals surface area contributed by atoms with Crippen LogP contribution in [0.5, 0.6) is 0 Å². The SMILES string of the molecule is CCOC1(C(=O)c2cnccn2)CCCC1. The number of nitrogens with zero attached hydrogens (tertiary/aromatic N) is 2. The Morgan fingerprint density at radius 2 is 2.19 bits per heavy atom. The summed E-state index contributed by atoms with van der Waals surface area (Å²) in [6.45, 7) is 2.48. The highest BCUT2D eigenvalue weighted by Gasteiger charge is 2.42. The molecule has 16 heavy (non-hydrogen) atoms. The van der Waals surface area contributed by atoms with Crippen molar-refractivity contribution in [1.29, 1.82) is 0 Å². The maximum atomic E-state index is 12.3. The highest BCUT2D eigenvalue weighted by Crippen LogP contribution is 2.35. The number of hydrogen-bond acceptors (Lipinski definition) is 4. The molecule has 0 spiro atoms. The molecule has 4 nitrogen and oxygen atoms in total. The van der Waals surface area contributed by atoms with E-state index in [2.05, 4.69) is 9.97 Å². The minimum Gasteiger partial charge on any atom is -0.367 e. The summed E-state index contributed by atoms with van der Waals surface area (Å²) in [7, 11) is 0. The first-order chi connectivity index (χ1) is 7.78. The van der Waals surface area contributed by atoms with Gasteiger partial charge in [0.25, 0.3) is 0 Å². The monoisotopic (exact) mass is 220 g/mol. The summed E-state index contributed by atoms with van der Waals surface area (Å²) >= 11 is 0. The zero-order chi connectivity index (χ0) is 11.4. The first-order valence-corrected chi connectivity index (χ1v) is 5.73. The molecule has 0 aliphatic heterocycles. The second-order valence-corrected chi connectivity index (χ2v) is 4.05. The van der Waals surface area contributed by atoms with Crippen LogP contribution in [0.15, 0.2) is 18.6 Å². The molecule has 0 bridgehead atoms. The third-order valence-electron chi connectivity index (χ3n) is 3.04. The van der Waals surface area contributed by atoms with Crippen molar-refractivity contribution in [2.24, 2.45) is 0 Å². The number of ketones is 1. The van der Waals surface area contributed by atoms with Crippen LogP contribution >= 0.6 is 0 Å². The van der Waals surface area contributed by atoms with Crippen molar-refractivity contribution < 1.29 is 9.53 Å². The molecule has 1 aromatic rings. The smallest absolute Gasteiger partial charge is 0.214 e. The number of aromatic nitrogens is 2. The van der Waals surface area contributed by atoms with Gasteiger partial charge in [-0.15, -0.1) is 0 Å². The Hall–Kier alpha value is -1.29. The van der Waals surface area contributed by atoms with Crippen LogP contribution in [0, 0.1) is 0 Å². The van der Waals surface area contributed by atoms with Gasteiger partial charge < -0.3 is 4.74 Å². The van der Waals surface area contributed by atoms with E-state index in [0.717, 1.165) is 25.7 Å². The summed E-state index contributed by atoms with van der Waals surface area (Å²) < 4.78 is 5.69. The molecule has 0 aromatic carbocycles. The quantitative estimate of drug-likeness (QED) is 0.728. The Bertz CT molecular complexity index is 359. The first-order valence-electron chi connectivity index (χ1n) is 5.73. The third-order valence-corrected chi connectivity index (χ3v) is 3.04. The maximum absolute atomic E-state index is 12.3. The van der Waals surface area contributed by atoms with E-state index >= 15 is 0 Å². The molecule has 0 unspecified atom stereocenters. The number of rotatable bonds is 4. The number of ether oxygens (including phenoxy) is 1. The van der Waals surface area contributed by atoms with Gasteiger partial charge in [-0.05, 0) is 32.6 Å². The summed E-state index contributed by atoms with van der Waals surface area (Å²) in [5.41, 5.74) is -0.219. The lowest BCUT2D eigenvalue weighted by Crippen LogP contribution is -2.39. The van der Waals surface area contributed by atoms with Gasteiger partial charge in [0.05, 0.1) is 6.20 Å². The molecule has 0 N–H and O–H groups in total. The Morgan fingerprint density at radius 1 is 1.44 bits per heavy atom. The van der Waals surface area contributed by atoms with Crippen LogP contribution in [0.2, 0.25) is 0 Å². The van der Waals surface area contributed by atoms with Crippen molar-refractivity contribution in [3.63, 3.8) is 0 Å². The molecular weight excluding hydrogens is 204 g/mol. The predicted molar refractivity (Wildman–Crippen MR) is 59.2 cm³/mol. The zero-order valence-electron chi connectivity index (χ0n) is 9.48. The summed E-state index contributed by atoms with van der Waals surface area (Å²) in [5.74, 6) is -0.0139. The van der Waals surface area contributed by atoms with Crippen LogP contribution in [0.3, 0.4) is 0 Å². The molecule has 4 heteroatoms. The lowest BCUT2D eigenvalue weighted by Gasteiger charge is -2.26. The van der Waals surface area contributed by atoms with Crippen molar-refractivity contribution in [3.8, 4) is 0 Å². The molecular formula is C12H16N2O2. The number of carbonyl (C=O) groups is 1. The predicted octanol–water partition coefficient (Wildman–Crippen LogP) is 2.01. The van der Waals surface area contributed by atoms with Gasteiger partial charge >= 0.3 is 0 Å². The second-order valence-electron chi connectivity index (χ2n) is 4.05. The van der Waals surface area contributed by atoms with Gasteiger partial charge in [0.2, 0.25) is 5.78 Å². The Balaban J connectivity index is 2.24. The molecule has 1 fully saturated rings. The largest absolute Gasteiger partial charge is 0.367 e. The Kier molecular flexibility index (Phi) is 3.29. The van der Waals surface area contributed by atoms with Crippen molar-refractivity contribution in [1.82, 2.24) is 9.97 Å². The number of Topliss-reactive ketones (excluding diaryl/α,β-unsaturated/α-hetero) is 1. The van der Waals surface area contributed by atoms with E-state index in [1.807, 2.05) is 6.92 Å². The minimum absolute atomic E-state index is 0.0139. The maximum Gasteiger partial charge on any atom is 0.214 e. The highest BCUT2D eigenvalue weighted by atomic mass is 16.5. The van der Waals surface area contributed by atoms with Gasteiger partial charge in [0, 0.05) is 19.0 Å². The lowest BCUT2D eigenvalue weighted by atomic mass is 9.94. The summed E-state index contributed by atoms with van der Waals surface area (Å²) in [5, 5.41) is 0. The molecule has 2 rings (SSSR count). The number of carbonyl (C=O) groups excluding carboxylic acids is 1. The fraction of sp³-hybridized carbons (Fsp3) is 0.583. The molecule has 1 aromatic heterocycles. The van der Waals surface area contributed by atoms with Crippen LogP contribution in [0.4, 0.5) is 0 Å². The van der Waals surface area contributed by atoms with E-state index in [1.54, 1.807) is 12.4 Å². The van der Waals surface area contributed by atoms with Crippen LogP contribution in [-0.4, -0.2) is 28.0 Å². The van der Waals surface area contributed by atoms with Crippen molar-refractivity contribution in [2.75, 3.05) is 6.61 Å². The molecule has 0 radical (unpaired) electrons. The normalized spacial score (nSPS) is 18.6. The van der Waals surface area contributed by atoms with Crippen molar-refractivity contribution in [3.05, 3.63) is 24.3 Å². The molecule has 0 atom stereocenters. The molecule has 1 saturated carbocycles. The summed E-state index contributed by atoms with van der Waals surface area (Å²) in [6.07, 6.45) is 8.33. The van der Waals surface area contributed by atoms with Crippen LogP contribution in [-0.2, 0) is 4.74 Å². The summed E-state index contributed by atoms with van der Waals surface area (Å²) in [6, 6.07) is 0. The van der Waals surface area contributed by atoms with Crippen LogP contribution in [0.1, 0.15) is 43.1 Å². The molecule has 1 aliphatic rings. The van der Waals surface area contributed by atoms with Crippen molar-refractivity contribution in [2.45, 2.75) is 38.2 Å². The second kappa shape index (κ2) is 4.70. The molecule has 0 amide bonds. The standard InChI is InChI=1S/C12H16N2O2/c1-2-16-12(5-3-4-6-12)11(15)10-9-13-7-8-14-10/h7-9H,2-6H2,1H3. The molecule has 86 valence electrons. The average molecular weight is 220 g/mol. The molecule has 0 saturated heterocycles. The number of hydrogen-bond donors (Lipinski definition) is 0. The minimum atomic E-state index is -0.634.